The van der Waals surface area contributed by atoms with Crippen LogP contribution in [0, 0.1) is 0 Å². The fourth-order valence-electron chi connectivity index (χ4n) is 10.9. The van der Waals surface area contributed by atoms with E-state index in [0.29, 0.717) is 0 Å². The predicted octanol–water partition coefficient (Wildman–Crippen LogP) is 16.5. The Morgan fingerprint density at radius 2 is 0.565 bits per heavy atom. The van der Waals surface area contributed by atoms with Crippen molar-refractivity contribution in [2.45, 2.75) is 0 Å². The maximum Gasteiger partial charge on any atom is 0.0541 e. The van der Waals surface area contributed by atoms with Crippen molar-refractivity contribution in [1.82, 2.24) is 9.13 Å². The zero-order chi connectivity index (χ0) is 40.5. The van der Waals surface area contributed by atoms with Gasteiger partial charge in [0.2, 0.25) is 0 Å². The molecule has 0 aliphatic carbocycles. The monoisotopic (exact) mass is 784 g/mol. The summed E-state index contributed by atoms with van der Waals surface area (Å²) in [4.78, 5) is 0. The molecule has 0 N–H and O–H groups in total. The zero-order valence-electron chi connectivity index (χ0n) is 33.7. The third-order valence-corrected chi connectivity index (χ3v) is 13.6. The largest absolute Gasteiger partial charge is 0.309 e. The molecule has 0 saturated carbocycles. The standard InChI is InChI=1S/C60H36N2/c1-2-12-43-37(11-1)21-27-50-44-29-25-41(33-40(44)22-28-49(43)50)61-57-19-9-7-17-52(57)55-34-38(23-31-59(55)61)39-24-32-60-56(35-39)53-18-8-10-20-58(53)62(60)42-26-30-51-47-15-4-3-13-45(47)46-14-5-6-16-48(46)54(51)36-42/h1-36H. The van der Waals surface area contributed by atoms with Crippen molar-refractivity contribution in [2.24, 2.45) is 0 Å². The molecule has 0 fully saturated rings. The minimum atomic E-state index is 1.17. The van der Waals surface area contributed by atoms with Crippen LogP contribution in [0.25, 0.3) is 131 Å². The van der Waals surface area contributed by atoms with Crippen molar-refractivity contribution in [3.05, 3.63) is 218 Å². The highest BCUT2D eigenvalue weighted by atomic mass is 15.0. The highest BCUT2D eigenvalue weighted by molar-refractivity contribution is 6.26. The molecule has 2 heterocycles. The van der Waals surface area contributed by atoms with Gasteiger partial charge in [0.15, 0.2) is 0 Å². The van der Waals surface area contributed by atoms with Gasteiger partial charge in [-0.3, -0.25) is 0 Å². The van der Waals surface area contributed by atoms with E-state index in [1.807, 2.05) is 0 Å². The van der Waals surface area contributed by atoms with Crippen LogP contribution in [-0.4, -0.2) is 9.13 Å². The molecule has 62 heavy (non-hydrogen) atoms. The summed E-state index contributed by atoms with van der Waals surface area (Å²) in [5.74, 6) is 0. The smallest absolute Gasteiger partial charge is 0.0541 e. The Balaban J connectivity index is 0.918. The van der Waals surface area contributed by atoms with E-state index in [9.17, 15) is 0 Å². The molecular formula is C60H36N2. The Bertz CT molecular complexity index is 4180. The lowest BCUT2D eigenvalue weighted by atomic mass is 9.94. The van der Waals surface area contributed by atoms with E-state index in [2.05, 4.69) is 228 Å². The maximum atomic E-state index is 2.45. The van der Waals surface area contributed by atoms with Crippen molar-refractivity contribution in [3.8, 4) is 22.5 Å². The molecule has 0 aliphatic rings. The van der Waals surface area contributed by atoms with Crippen LogP contribution in [0.15, 0.2) is 218 Å². The van der Waals surface area contributed by atoms with Crippen LogP contribution >= 0.6 is 0 Å². The number of rotatable bonds is 3. The molecule has 0 amide bonds. The number of hydrogen-bond acceptors (Lipinski definition) is 0. The SMILES string of the molecule is c1ccc2c(c1)ccc1c3ccc(-n4c5ccccc5c5cc(-c6ccc7c(c6)c6ccccc6n7-c6ccc7c8ccccc8c8ccccc8c7c6)ccc54)cc3ccc21. The molecule has 0 saturated heterocycles. The van der Waals surface area contributed by atoms with E-state index in [4.69, 9.17) is 0 Å². The van der Waals surface area contributed by atoms with Crippen LogP contribution in [0.2, 0.25) is 0 Å². The van der Waals surface area contributed by atoms with Crippen molar-refractivity contribution in [1.29, 1.82) is 0 Å². The molecule has 0 spiro atoms. The number of hydrogen-bond donors (Lipinski definition) is 0. The fraction of sp³-hybridized carbons (Fsp3) is 0. The average molecular weight is 785 g/mol. The van der Waals surface area contributed by atoms with Gasteiger partial charge in [-0.2, -0.15) is 0 Å². The summed E-state index contributed by atoms with van der Waals surface area (Å²) >= 11 is 0. The Morgan fingerprint density at radius 1 is 0.194 bits per heavy atom. The Kier molecular flexibility index (Phi) is 6.86. The van der Waals surface area contributed by atoms with Crippen molar-refractivity contribution in [2.75, 3.05) is 0 Å². The molecule has 0 aliphatic heterocycles. The first-order valence-corrected chi connectivity index (χ1v) is 21.5. The summed E-state index contributed by atoms with van der Waals surface area (Å²) in [5, 5.41) is 20.4. The van der Waals surface area contributed by atoms with E-state index in [1.165, 1.54) is 131 Å². The molecular weight excluding hydrogens is 749 g/mol. The lowest BCUT2D eigenvalue weighted by Crippen LogP contribution is -1.94. The highest BCUT2D eigenvalue weighted by Crippen LogP contribution is 2.41. The maximum absolute atomic E-state index is 2.45. The zero-order valence-corrected chi connectivity index (χ0v) is 33.7. The number of para-hydroxylation sites is 2. The second-order valence-corrected chi connectivity index (χ2v) is 16.8. The number of benzene rings is 12. The first-order chi connectivity index (χ1) is 30.7. The molecule has 2 heteroatoms. The summed E-state index contributed by atoms with van der Waals surface area (Å²) in [6.07, 6.45) is 0. The second-order valence-electron chi connectivity index (χ2n) is 16.8. The van der Waals surface area contributed by atoms with E-state index >= 15 is 0 Å². The van der Waals surface area contributed by atoms with Gasteiger partial charge < -0.3 is 9.13 Å². The van der Waals surface area contributed by atoms with Crippen LogP contribution in [0.1, 0.15) is 0 Å². The van der Waals surface area contributed by atoms with E-state index in [1.54, 1.807) is 0 Å². The third-order valence-electron chi connectivity index (χ3n) is 13.6. The van der Waals surface area contributed by atoms with Crippen molar-refractivity contribution >= 4 is 108 Å². The summed E-state index contributed by atoms with van der Waals surface area (Å²) < 4.78 is 4.88. The normalized spacial score (nSPS) is 12.2. The van der Waals surface area contributed by atoms with Crippen LogP contribution < -0.4 is 0 Å². The highest BCUT2D eigenvalue weighted by Gasteiger charge is 2.18. The van der Waals surface area contributed by atoms with E-state index in [-0.39, 0.29) is 0 Å². The molecule has 0 bridgehead atoms. The third kappa shape index (κ3) is 4.69. The van der Waals surface area contributed by atoms with Crippen LogP contribution in [0.5, 0.6) is 0 Å². The molecule has 2 nitrogen and oxygen atoms in total. The average Bonchev–Trinajstić information content (AvgIpc) is 3.86. The van der Waals surface area contributed by atoms with Gasteiger partial charge >= 0.3 is 0 Å². The van der Waals surface area contributed by atoms with Crippen molar-refractivity contribution < 1.29 is 0 Å². The van der Waals surface area contributed by atoms with Gasteiger partial charge in [-0.25, -0.2) is 0 Å². The molecule has 0 atom stereocenters. The molecule has 0 unspecified atom stereocenters. The lowest BCUT2D eigenvalue weighted by molar-refractivity contribution is 1.19. The fourth-order valence-corrected chi connectivity index (χ4v) is 10.9. The topological polar surface area (TPSA) is 9.86 Å². The second kappa shape index (κ2) is 12.7. The van der Waals surface area contributed by atoms with Crippen LogP contribution in [0.4, 0.5) is 0 Å². The van der Waals surface area contributed by atoms with E-state index < -0.39 is 0 Å². The minimum absolute atomic E-state index is 1.17. The summed E-state index contributed by atoms with van der Waals surface area (Å²) in [6, 6.07) is 81.1. The van der Waals surface area contributed by atoms with Crippen LogP contribution in [0.3, 0.4) is 0 Å². The minimum Gasteiger partial charge on any atom is -0.309 e. The molecule has 2 aromatic heterocycles. The first-order valence-electron chi connectivity index (χ1n) is 21.5. The molecule has 286 valence electrons. The van der Waals surface area contributed by atoms with Crippen molar-refractivity contribution in [3.63, 3.8) is 0 Å². The van der Waals surface area contributed by atoms with E-state index in [0.717, 1.165) is 0 Å². The van der Waals surface area contributed by atoms with Gasteiger partial charge in [-0.15, -0.1) is 0 Å². The number of fused-ring (bicyclic) bond motifs is 17. The summed E-state index contributed by atoms with van der Waals surface area (Å²) in [5.41, 5.74) is 9.58. The van der Waals surface area contributed by atoms with Gasteiger partial charge in [-0.1, -0.05) is 158 Å². The van der Waals surface area contributed by atoms with Gasteiger partial charge in [0, 0.05) is 32.9 Å². The predicted molar refractivity (Wildman–Crippen MR) is 266 cm³/mol. The van der Waals surface area contributed by atoms with Gasteiger partial charge in [0.05, 0.1) is 22.1 Å². The summed E-state index contributed by atoms with van der Waals surface area (Å²) in [6.45, 7) is 0. The Hall–Kier alpha value is -8.20. The molecule has 14 aromatic rings. The molecule has 14 rings (SSSR count). The van der Waals surface area contributed by atoms with Crippen LogP contribution in [-0.2, 0) is 0 Å². The van der Waals surface area contributed by atoms with Gasteiger partial charge in [-0.05, 0) is 136 Å². The Morgan fingerprint density at radius 3 is 1.15 bits per heavy atom. The summed E-state index contributed by atoms with van der Waals surface area (Å²) in [7, 11) is 0. The molecule has 12 aromatic carbocycles. The quantitative estimate of drug-likeness (QED) is 0.158. The van der Waals surface area contributed by atoms with Gasteiger partial charge in [0.1, 0.15) is 0 Å². The van der Waals surface area contributed by atoms with Gasteiger partial charge in [0.25, 0.3) is 0 Å². The lowest BCUT2D eigenvalue weighted by Gasteiger charge is -2.14. The number of nitrogens with zero attached hydrogens (tertiary/aromatic N) is 2. The Labute approximate surface area is 356 Å². The number of aromatic nitrogens is 2. The molecule has 0 radical (unpaired) electrons. The first kappa shape index (κ1) is 33.6.